The Balaban J connectivity index is 1.47. The molecule has 134 valence electrons. The quantitative estimate of drug-likeness (QED) is 0.801. The van der Waals surface area contributed by atoms with E-state index >= 15 is 0 Å². The predicted octanol–water partition coefficient (Wildman–Crippen LogP) is 3.19. The van der Waals surface area contributed by atoms with E-state index in [0.717, 1.165) is 26.1 Å². The normalized spacial score (nSPS) is 19.4. The van der Waals surface area contributed by atoms with Gasteiger partial charge in [-0.2, -0.15) is 0 Å². The minimum Gasteiger partial charge on any atom is -0.390 e. The van der Waals surface area contributed by atoms with Crippen molar-refractivity contribution in [2.24, 2.45) is 0 Å². The van der Waals surface area contributed by atoms with E-state index in [9.17, 15) is 5.11 Å². The highest BCUT2D eigenvalue weighted by atomic mass is 16.3. The first-order chi connectivity index (χ1) is 12.2. The molecule has 1 aliphatic rings. The fraction of sp³-hybridized carbons (Fsp3) is 0.455. The molecule has 1 N–H and O–H groups in total. The van der Waals surface area contributed by atoms with Gasteiger partial charge in [0, 0.05) is 25.7 Å². The molecular formula is C22H30N2O. The summed E-state index contributed by atoms with van der Waals surface area (Å²) in [6.07, 6.45) is 3.27. The Morgan fingerprint density at radius 1 is 1.04 bits per heavy atom. The van der Waals surface area contributed by atoms with Crippen molar-refractivity contribution in [3.63, 3.8) is 0 Å². The third kappa shape index (κ3) is 5.67. The molecule has 1 saturated heterocycles. The number of β-amino-alcohol motifs (C(OH)–C–C–N with tert-alkyl or cyclic N) is 1. The lowest BCUT2D eigenvalue weighted by Crippen LogP contribution is -2.41. The Kier molecular flexibility index (Phi) is 6.62. The first kappa shape index (κ1) is 18.1. The summed E-state index contributed by atoms with van der Waals surface area (Å²) in [5, 5.41) is 10.6. The smallest absolute Gasteiger partial charge is 0.0793 e. The molecule has 0 amide bonds. The second kappa shape index (κ2) is 9.14. The Morgan fingerprint density at radius 3 is 2.36 bits per heavy atom. The number of nitrogens with zero attached hydrogens (tertiary/aromatic N) is 2. The molecule has 2 aromatic carbocycles. The van der Waals surface area contributed by atoms with Gasteiger partial charge < -0.3 is 5.11 Å². The highest BCUT2D eigenvalue weighted by Gasteiger charge is 2.26. The van der Waals surface area contributed by atoms with Crippen LogP contribution in [0.15, 0.2) is 60.7 Å². The maximum Gasteiger partial charge on any atom is 0.0793 e. The fourth-order valence-electron chi connectivity index (χ4n) is 3.90. The van der Waals surface area contributed by atoms with Crippen LogP contribution in [-0.4, -0.2) is 53.7 Å². The molecule has 0 radical (unpaired) electrons. The Bertz CT molecular complexity index is 616. The van der Waals surface area contributed by atoms with Gasteiger partial charge in [-0.3, -0.25) is 9.80 Å². The first-order valence-corrected chi connectivity index (χ1v) is 9.39. The van der Waals surface area contributed by atoms with Crippen LogP contribution in [0.5, 0.6) is 0 Å². The van der Waals surface area contributed by atoms with E-state index in [1.807, 2.05) is 6.07 Å². The van der Waals surface area contributed by atoms with E-state index in [1.54, 1.807) is 0 Å². The van der Waals surface area contributed by atoms with Crippen LogP contribution in [0.25, 0.3) is 0 Å². The molecule has 25 heavy (non-hydrogen) atoms. The number of likely N-dealkylation sites (N-methyl/N-ethyl adjacent to an activating group) is 1. The Labute approximate surface area is 151 Å². The van der Waals surface area contributed by atoms with Gasteiger partial charge in [-0.1, -0.05) is 60.7 Å². The molecule has 1 aliphatic heterocycles. The molecule has 0 aliphatic carbocycles. The predicted molar refractivity (Wildman–Crippen MR) is 104 cm³/mol. The summed E-state index contributed by atoms with van der Waals surface area (Å²) in [6.45, 7) is 3.47. The van der Waals surface area contributed by atoms with Gasteiger partial charge in [-0.25, -0.2) is 0 Å². The van der Waals surface area contributed by atoms with Crippen LogP contribution >= 0.6 is 0 Å². The lowest BCUT2D eigenvalue weighted by atomic mass is 10.0. The van der Waals surface area contributed by atoms with Crippen LogP contribution in [0.2, 0.25) is 0 Å². The third-order valence-electron chi connectivity index (χ3n) is 5.08. The number of aliphatic hydroxyl groups is 1. The number of hydrogen-bond donors (Lipinski definition) is 1. The molecule has 3 heteroatoms. The summed E-state index contributed by atoms with van der Waals surface area (Å²) < 4.78 is 0. The molecule has 1 fully saturated rings. The second-order valence-electron chi connectivity index (χ2n) is 7.32. The van der Waals surface area contributed by atoms with Gasteiger partial charge in [0.1, 0.15) is 0 Å². The van der Waals surface area contributed by atoms with Gasteiger partial charge in [0.25, 0.3) is 0 Å². The summed E-state index contributed by atoms with van der Waals surface area (Å²) in [5.41, 5.74) is 2.69. The molecule has 2 unspecified atom stereocenters. The maximum atomic E-state index is 10.6. The molecule has 1 heterocycles. The van der Waals surface area contributed by atoms with Crippen molar-refractivity contribution in [1.29, 1.82) is 0 Å². The van der Waals surface area contributed by atoms with E-state index in [2.05, 4.69) is 71.4 Å². The molecule has 0 bridgehead atoms. The zero-order valence-electron chi connectivity index (χ0n) is 15.2. The van der Waals surface area contributed by atoms with Crippen LogP contribution in [0.3, 0.4) is 0 Å². The summed E-state index contributed by atoms with van der Waals surface area (Å²) in [7, 11) is 2.08. The first-order valence-electron chi connectivity index (χ1n) is 9.39. The van der Waals surface area contributed by atoms with Crippen molar-refractivity contribution < 1.29 is 5.11 Å². The average molecular weight is 338 g/mol. The average Bonchev–Trinajstić information content (AvgIpc) is 3.03. The van der Waals surface area contributed by atoms with Crippen LogP contribution in [-0.2, 0) is 13.0 Å². The standard InChI is InChI=1S/C22H30N2O/c1-23(16-20-11-6-3-7-12-20)17-22(25)18-24-14-8-13-21(24)15-19-9-4-2-5-10-19/h2-7,9-12,21-22,25H,8,13-18H2,1H3. The van der Waals surface area contributed by atoms with Crippen LogP contribution in [0.1, 0.15) is 24.0 Å². The van der Waals surface area contributed by atoms with Crippen molar-refractivity contribution in [1.82, 2.24) is 9.80 Å². The monoisotopic (exact) mass is 338 g/mol. The van der Waals surface area contributed by atoms with Gasteiger partial charge in [0.15, 0.2) is 0 Å². The lowest BCUT2D eigenvalue weighted by Gasteiger charge is -2.29. The van der Waals surface area contributed by atoms with Crippen LogP contribution in [0, 0.1) is 0 Å². The minimum absolute atomic E-state index is 0.301. The topological polar surface area (TPSA) is 26.7 Å². The van der Waals surface area contributed by atoms with Gasteiger partial charge in [0.2, 0.25) is 0 Å². The summed E-state index contributed by atoms with van der Waals surface area (Å²) in [6, 6.07) is 21.7. The van der Waals surface area contributed by atoms with Gasteiger partial charge in [-0.05, 0) is 44.0 Å². The zero-order chi connectivity index (χ0) is 17.5. The highest BCUT2D eigenvalue weighted by Crippen LogP contribution is 2.21. The van der Waals surface area contributed by atoms with Gasteiger partial charge in [-0.15, -0.1) is 0 Å². The molecule has 0 saturated carbocycles. The van der Waals surface area contributed by atoms with E-state index in [1.165, 1.54) is 24.0 Å². The summed E-state index contributed by atoms with van der Waals surface area (Å²) >= 11 is 0. The summed E-state index contributed by atoms with van der Waals surface area (Å²) in [4.78, 5) is 4.69. The van der Waals surface area contributed by atoms with Crippen LogP contribution in [0.4, 0.5) is 0 Å². The Morgan fingerprint density at radius 2 is 1.68 bits per heavy atom. The highest BCUT2D eigenvalue weighted by molar-refractivity contribution is 5.16. The van der Waals surface area contributed by atoms with Crippen molar-refractivity contribution in [2.45, 2.75) is 38.0 Å². The second-order valence-corrected chi connectivity index (χ2v) is 7.32. The van der Waals surface area contributed by atoms with Gasteiger partial charge in [0.05, 0.1) is 6.10 Å². The largest absolute Gasteiger partial charge is 0.390 e. The molecular weight excluding hydrogens is 308 g/mol. The minimum atomic E-state index is -0.301. The maximum absolute atomic E-state index is 10.6. The molecule has 2 atom stereocenters. The lowest BCUT2D eigenvalue weighted by molar-refractivity contribution is 0.0751. The van der Waals surface area contributed by atoms with Crippen LogP contribution < -0.4 is 0 Å². The molecule has 3 rings (SSSR count). The van der Waals surface area contributed by atoms with E-state index < -0.39 is 0 Å². The van der Waals surface area contributed by atoms with E-state index in [0.29, 0.717) is 12.6 Å². The van der Waals surface area contributed by atoms with Crippen molar-refractivity contribution in [3.8, 4) is 0 Å². The number of rotatable bonds is 8. The molecule has 0 aromatic heterocycles. The number of aliphatic hydroxyl groups excluding tert-OH is 1. The third-order valence-corrected chi connectivity index (χ3v) is 5.08. The van der Waals surface area contributed by atoms with Crippen molar-refractivity contribution in [3.05, 3.63) is 71.8 Å². The number of benzene rings is 2. The van der Waals surface area contributed by atoms with Gasteiger partial charge >= 0.3 is 0 Å². The van der Waals surface area contributed by atoms with E-state index in [4.69, 9.17) is 0 Å². The zero-order valence-corrected chi connectivity index (χ0v) is 15.2. The number of likely N-dealkylation sites (tertiary alicyclic amines) is 1. The fourth-order valence-corrected chi connectivity index (χ4v) is 3.90. The van der Waals surface area contributed by atoms with Crippen molar-refractivity contribution in [2.75, 3.05) is 26.7 Å². The molecule has 3 nitrogen and oxygen atoms in total. The van der Waals surface area contributed by atoms with Crippen molar-refractivity contribution >= 4 is 0 Å². The summed E-state index contributed by atoms with van der Waals surface area (Å²) in [5.74, 6) is 0. The Hall–Kier alpha value is -1.68. The molecule has 0 spiro atoms. The SMILES string of the molecule is CN(Cc1ccccc1)CC(O)CN1CCCC1Cc1ccccc1. The molecule has 2 aromatic rings. The number of hydrogen-bond acceptors (Lipinski definition) is 3. The van der Waals surface area contributed by atoms with E-state index in [-0.39, 0.29) is 6.10 Å².